The first kappa shape index (κ1) is 13.7. The molecule has 1 aliphatic carbocycles. The minimum absolute atomic E-state index is 0.291. The normalized spacial score (nSPS) is 23.8. The largest absolute Gasteiger partial charge is 0.368 e. The van der Waals surface area contributed by atoms with Crippen LogP contribution in [-0.2, 0) is 0 Å². The van der Waals surface area contributed by atoms with E-state index < -0.39 is 0 Å². The average Bonchev–Trinajstić information content (AvgIpc) is 3.12. The fraction of sp³-hybridized carbons (Fsp3) is 0.615. The molecule has 1 aromatic rings. The molecule has 6 heteroatoms. The van der Waals surface area contributed by atoms with E-state index >= 15 is 0 Å². The first-order valence-corrected chi connectivity index (χ1v) is 7.76. The molecule has 19 heavy (non-hydrogen) atoms. The van der Waals surface area contributed by atoms with Crippen LogP contribution in [-0.4, -0.2) is 35.6 Å². The van der Waals surface area contributed by atoms with E-state index in [4.69, 9.17) is 34.8 Å². The zero-order valence-corrected chi connectivity index (χ0v) is 12.8. The van der Waals surface area contributed by atoms with E-state index in [0.717, 1.165) is 12.6 Å². The van der Waals surface area contributed by atoms with Crippen molar-refractivity contribution in [2.75, 3.05) is 25.0 Å². The van der Waals surface area contributed by atoms with Crippen LogP contribution in [0.15, 0.2) is 6.07 Å². The molecule has 1 saturated carbocycles. The van der Waals surface area contributed by atoms with Gasteiger partial charge in [-0.05, 0) is 37.8 Å². The van der Waals surface area contributed by atoms with Crippen LogP contribution in [0, 0.1) is 5.92 Å². The molecule has 0 amide bonds. The number of hydrogen-bond donors (Lipinski definition) is 1. The van der Waals surface area contributed by atoms with Crippen LogP contribution in [0.5, 0.6) is 0 Å². The zero-order valence-electron chi connectivity index (χ0n) is 10.5. The Kier molecular flexibility index (Phi) is 4.08. The maximum Gasteiger partial charge on any atom is 0.150 e. The van der Waals surface area contributed by atoms with E-state index in [2.05, 4.69) is 15.2 Å². The zero-order chi connectivity index (χ0) is 13.4. The van der Waals surface area contributed by atoms with Gasteiger partial charge in [-0.1, -0.05) is 34.8 Å². The van der Waals surface area contributed by atoms with Crippen LogP contribution < -0.4 is 5.32 Å². The summed E-state index contributed by atoms with van der Waals surface area (Å²) in [7, 11) is 0. The first-order chi connectivity index (χ1) is 9.13. The second-order valence-electron chi connectivity index (χ2n) is 5.35. The fourth-order valence-electron chi connectivity index (χ4n) is 2.61. The minimum atomic E-state index is 0.291. The maximum atomic E-state index is 6.10. The van der Waals surface area contributed by atoms with Gasteiger partial charge >= 0.3 is 0 Å². The van der Waals surface area contributed by atoms with E-state index in [1.807, 2.05) is 0 Å². The Morgan fingerprint density at radius 1 is 1.21 bits per heavy atom. The molecular weight excluding hydrogens is 305 g/mol. The van der Waals surface area contributed by atoms with Gasteiger partial charge in [-0.15, -0.1) is 0 Å². The molecule has 1 aromatic heterocycles. The Hall–Kier alpha value is -0.220. The molecular formula is C13H16Cl3N3. The second kappa shape index (κ2) is 5.65. The number of nitrogens with zero attached hydrogens (tertiary/aromatic N) is 2. The van der Waals surface area contributed by atoms with E-state index in [-0.39, 0.29) is 0 Å². The molecule has 2 aliphatic rings. The van der Waals surface area contributed by atoms with Gasteiger partial charge in [-0.3, -0.25) is 0 Å². The van der Waals surface area contributed by atoms with Crippen molar-refractivity contribution in [1.29, 1.82) is 0 Å². The van der Waals surface area contributed by atoms with Crippen molar-refractivity contribution in [2.24, 2.45) is 5.92 Å². The number of likely N-dealkylation sites (tertiary alicyclic amines) is 1. The molecule has 1 unspecified atom stereocenters. The van der Waals surface area contributed by atoms with E-state index in [1.165, 1.54) is 32.4 Å². The molecule has 0 radical (unpaired) electrons. The molecule has 1 aliphatic heterocycles. The Labute approximate surface area is 128 Å². The lowest BCUT2D eigenvalue weighted by Crippen LogP contribution is -2.25. The lowest BCUT2D eigenvalue weighted by molar-refractivity contribution is 0.316. The quantitative estimate of drug-likeness (QED) is 0.852. The van der Waals surface area contributed by atoms with E-state index in [9.17, 15) is 0 Å². The molecule has 3 rings (SSSR count). The van der Waals surface area contributed by atoms with Gasteiger partial charge in [-0.25, -0.2) is 4.98 Å². The van der Waals surface area contributed by atoms with Gasteiger partial charge < -0.3 is 10.2 Å². The lowest BCUT2D eigenvalue weighted by Gasteiger charge is -2.16. The first-order valence-electron chi connectivity index (χ1n) is 6.63. The molecule has 2 heterocycles. The molecule has 3 nitrogen and oxygen atoms in total. The van der Waals surface area contributed by atoms with Gasteiger partial charge in [0.15, 0.2) is 0 Å². The summed E-state index contributed by atoms with van der Waals surface area (Å²) in [5.41, 5.74) is 0. The number of aromatic nitrogens is 1. The van der Waals surface area contributed by atoms with Crippen LogP contribution in [0.4, 0.5) is 5.82 Å². The van der Waals surface area contributed by atoms with Crippen LogP contribution in [0.3, 0.4) is 0 Å². The molecule has 1 N–H and O–H groups in total. The molecule has 1 saturated heterocycles. The van der Waals surface area contributed by atoms with Gasteiger partial charge in [0, 0.05) is 19.1 Å². The summed E-state index contributed by atoms with van der Waals surface area (Å²) in [5.74, 6) is 1.29. The second-order valence-corrected chi connectivity index (χ2v) is 6.53. The molecule has 0 bridgehead atoms. The van der Waals surface area contributed by atoms with E-state index in [0.29, 0.717) is 26.9 Å². The third-order valence-electron chi connectivity index (χ3n) is 3.83. The van der Waals surface area contributed by atoms with Crippen molar-refractivity contribution >= 4 is 40.6 Å². The molecule has 2 fully saturated rings. The SMILES string of the molecule is Clc1cc(Cl)c(NCC2CCN(C3CC3)C2)nc1Cl. The molecule has 104 valence electrons. The Bertz CT molecular complexity index is 476. The number of hydrogen-bond acceptors (Lipinski definition) is 3. The Morgan fingerprint density at radius 3 is 2.74 bits per heavy atom. The third-order valence-corrected chi connectivity index (χ3v) is 4.79. The third kappa shape index (κ3) is 3.27. The molecule has 0 spiro atoms. The van der Waals surface area contributed by atoms with Crippen molar-refractivity contribution in [2.45, 2.75) is 25.3 Å². The monoisotopic (exact) mass is 319 g/mol. The summed E-state index contributed by atoms with van der Waals surface area (Å²) < 4.78 is 0. The van der Waals surface area contributed by atoms with E-state index in [1.54, 1.807) is 6.07 Å². The number of nitrogens with one attached hydrogen (secondary N) is 1. The van der Waals surface area contributed by atoms with Gasteiger partial charge in [0.1, 0.15) is 11.0 Å². The smallest absolute Gasteiger partial charge is 0.150 e. The predicted octanol–water partition coefficient (Wildman–Crippen LogP) is 3.94. The van der Waals surface area contributed by atoms with Gasteiger partial charge in [0.25, 0.3) is 0 Å². The van der Waals surface area contributed by atoms with Crippen molar-refractivity contribution in [3.8, 4) is 0 Å². The Balaban J connectivity index is 1.56. The highest BCUT2D eigenvalue weighted by Crippen LogP contribution is 2.32. The van der Waals surface area contributed by atoms with Gasteiger partial charge in [0.2, 0.25) is 0 Å². The van der Waals surface area contributed by atoms with Crippen LogP contribution >= 0.6 is 34.8 Å². The van der Waals surface area contributed by atoms with Gasteiger partial charge in [0.05, 0.1) is 10.0 Å². The van der Waals surface area contributed by atoms with Crippen molar-refractivity contribution in [1.82, 2.24) is 9.88 Å². The summed E-state index contributed by atoms with van der Waals surface area (Å²) in [5, 5.41) is 4.49. The number of rotatable bonds is 4. The topological polar surface area (TPSA) is 28.2 Å². The number of anilines is 1. The number of halogens is 3. The predicted molar refractivity (Wildman–Crippen MR) is 80.5 cm³/mol. The van der Waals surface area contributed by atoms with Gasteiger partial charge in [-0.2, -0.15) is 0 Å². The molecule has 0 aromatic carbocycles. The summed E-state index contributed by atoms with van der Waals surface area (Å²) in [6, 6.07) is 2.49. The average molecular weight is 321 g/mol. The van der Waals surface area contributed by atoms with Crippen LogP contribution in [0.25, 0.3) is 0 Å². The van der Waals surface area contributed by atoms with Crippen molar-refractivity contribution in [3.63, 3.8) is 0 Å². The summed E-state index contributed by atoms with van der Waals surface area (Å²) in [6.45, 7) is 3.28. The lowest BCUT2D eigenvalue weighted by atomic mass is 10.1. The molecule has 1 atom stereocenters. The van der Waals surface area contributed by atoms with Crippen LogP contribution in [0.2, 0.25) is 15.2 Å². The number of pyridine rings is 1. The fourth-order valence-corrected chi connectivity index (χ4v) is 3.17. The maximum absolute atomic E-state index is 6.10. The van der Waals surface area contributed by atoms with Crippen molar-refractivity contribution in [3.05, 3.63) is 21.3 Å². The standard InChI is InChI=1S/C13H16Cl3N3/c14-10-5-11(15)13(18-12(10)16)17-6-8-3-4-19(7-8)9-1-2-9/h5,8-9H,1-4,6-7H2,(H,17,18). The summed E-state index contributed by atoms with van der Waals surface area (Å²) in [4.78, 5) is 6.77. The van der Waals surface area contributed by atoms with Crippen molar-refractivity contribution < 1.29 is 0 Å². The summed E-state index contributed by atoms with van der Waals surface area (Å²) >= 11 is 17.9. The minimum Gasteiger partial charge on any atom is -0.368 e. The highest BCUT2D eigenvalue weighted by molar-refractivity contribution is 6.42. The highest BCUT2D eigenvalue weighted by Gasteiger charge is 2.34. The van der Waals surface area contributed by atoms with Crippen LogP contribution in [0.1, 0.15) is 19.3 Å². The summed E-state index contributed by atoms with van der Waals surface area (Å²) in [6.07, 6.45) is 3.99. The Morgan fingerprint density at radius 2 is 2.00 bits per heavy atom. The highest BCUT2D eigenvalue weighted by atomic mass is 35.5.